The number of hydrogen-bond donors (Lipinski definition) is 2. The average molecular weight is 512 g/mol. The van der Waals surface area contributed by atoms with E-state index in [1.807, 2.05) is 6.07 Å². The highest BCUT2D eigenvalue weighted by Crippen LogP contribution is 2.32. The minimum absolute atomic E-state index is 0.0660. The number of hydroxylamine groups is 1. The van der Waals surface area contributed by atoms with Gasteiger partial charge in [-0.05, 0) is 48.0 Å². The molecule has 0 fully saturated rings. The number of sulfonamides is 1. The predicted molar refractivity (Wildman–Crippen MR) is 130 cm³/mol. The highest BCUT2D eigenvalue weighted by atomic mass is 32.2. The summed E-state index contributed by atoms with van der Waals surface area (Å²) in [6, 6.07) is 19.9. The summed E-state index contributed by atoms with van der Waals surface area (Å²) in [4.78, 5) is 27.3. The number of benzene rings is 3. The molecule has 1 aliphatic rings. The lowest BCUT2D eigenvalue weighted by Crippen LogP contribution is -2.53. The van der Waals surface area contributed by atoms with Crippen molar-refractivity contribution in [3.63, 3.8) is 0 Å². The van der Waals surface area contributed by atoms with E-state index < -0.39 is 27.9 Å². The van der Waals surface area contributed by atoms with Crippen molar-refractivity contribution in [2.24, 2.45) is 0 Å². The fourth-order valence-corrected chi connectivity index (χ4v) is 5.51. The SMILES string of the molecule is COc1ccc(S(=O)(=O)N2Cc3ccccc3N(C(=O)COc3ccccc3)CC2C(=O)NO)cc1. The van der Waals surface area contributed by atoms with E-state index in [4.69, 9.17) is 9.47 Å². The van der Waals surface area contributed by atoms with E-state index >= 15 is 0 Å². The molecule has 0 aliphatic carbocycles. The molecular formula is C25H25N3O7S. The third kappa shape index (κ3) is 5.18. The second-order valence-electron chi connectivity index (χ2n) is 7.95. The molecule has 36 heavy (non-hydrogen) atoms. The van der Waals surface area contributed by atoms with E-state index in [-0.39, 0.29) is 24.6 Å². The smallest absolute Gasteiger partial charge is 0.264 e. The van der Waals surface area contributed by atoms with Gasteiger partial charge >= 0.3 is 0 Å². The van der Waals surface area contributed by atoms with E-state index in [1.165, 1.54) is 36.3 Å². The number of anilines is 1. The molecule has 2 amide bonds. The maximum atomic E-state index is 13.7. The van der Waals surface area contributed by atoms with Gasteiger partial charge in [-0.2, -0.15) is 4.31 Å². The van der Waals surface area contributed by atoms with Crippen LogP contribution in [0.1, 0.15) is 5.56 Å². The van der Waals surface area contributed by atoms with Crippen molar-refractivity contribution >= 4 is 27.5 Å². The third-order valence-electron chi connectivity index (χ3n) is 5.80. The van der Waals surface area contributed by atoms with Gasteiger partial charge in [0, 0.05) is 12.2 Å². The number of carbonyl (C=O) groups excluding carboxylic acids is 2. The number of hydrogen-bond acceptors (Lipinski definition) is 7. The quantitative estimate of drug-likeness (QED) is 0.368. The Hall–Kier alpha value is -3.93. The molecule has 3 aromatic rings. The van der Waals surface area contributed by atoms with Crippen LogP contribution in [0.4, 0.5) is 5.69 Å². The van der Waals surface area contributed by atoms with Crippen LogP contribution in [0.5, 0.6) is 11.5 Å². The number of rotatable bonds is 7. The van der Waals surface area contributed by atoms with E-state index in [9.17, 15) is 23.2 Å². The summed E-state index contributed by atoms with van der Waals surface area (Å²) in [6.45, 7) is -0.876. The van der Waals surface area contributed by atoms with Gasteiger partial charge < -0.3 is 14.4 Å². The topological polar surface area (TPSA) is 125 Å². The Morgan fingerprint density at radius 3 is 2.31 bits per heavy atom. The number of fused-ring (bicyclic) bond motifs is 1. The molecule has 0 radical (unpaired) electrons. The predicted octanol–water partition coefficient (Wildman–Crippen LogP) is 2.19. The second-order valence-corrected chi connectivity index (χ2v) is 9.84. The summed E-state index contributed by atoms with van der Waals surface area (Å²) >= 11 is 0. The Bertz CT molecular complexity index is 1330. The molecule has 4 rings (SSSR count). The van der Waals surface area contributed by atoms with Crippen LogP contribution in [0.15, 0.2) is 83.8 Å². The van der Waals surface area contributed by atoms with Gasteiger partial charge in [0.25, 0.3) is 11.8 Å². The number of methoxy groups -OCH3 is 1. The molecule has 0 aromatic heterocycles. The number of ether oxygens (including phenoxy) is 2. The number of carbonyl (C=O) groups is 2. The van der Waals surface area contributed by atoms with Crippen LogP contribution in [0.25, 0.3) is 0 Å². The van der Waals surface area contributed by atoms with Gasteiger partial charge in [0.05, 0.1) is 18.6 Å². The van der Waals surface area contributed by atoms with E-state index in [2.05, 4.69) is 0 Å². The molecular weight excluding hydrogens is 486 g/mol. The molecule has 0 bridgehead atoms. The first-order valence-corrected chi connectivity index (χ1v) is 12.4. The summed E-state index contributed by atoms with van der Waals surface area (Å²) in [5, 5.41) is 9.43. The van der Waals surface area contributed by atoms with Crippen LogP contribution in [-0.4, -0.2) is 56.0 Å². The third-order valence-corrected chi connectivity index (χ3v) is 7.67. The lowest BCUT2D eigenvalue weighted by molar-refractivity contribution is -0.133. The van der Waals surface area contributed by atoms with Crippen LogP contribution in [0.2, 0.25) is 0 Å². The lowest BCUT2D eigenvalue weighted by Gasteiger charge is -2.29. The molecule has 2 N–H and O–H groups in total. The van der Waals surface area contributed by atoms with Crippen molar-refractivity contribution in [2.75, 3.05) is 25.2 Å². The highest BCUT2D eigenvalue weighted by molar-refractivity contribution is 7.89. The van der Waals surface area contributed by atoms with Gasteiger partial charge in [0.1, 0.15) is 17.5 Å². The van der Waals surface area contributed by atoms with Crippen LogP contribution < -0.4 is 19.9 Å². The van der Waals surface area contributed by atoms with E-state index in [0.717, 1.165) is 4.31 Å². The van der Waals surface area contributed by atoms with Crippen molar-refractivity contribution in [3.8, 4) is 11.5 Å². The van der Waals surface area contributed by atoms with Crippen molar-refractivity contribution in [2.45, 2.75) is 17.5 Å². The number of nitrogens with one attached hydrogen (secondary N) is 1. The average Bonchev–Trinajstić information content (AvgIpc) is 3.10. The van der Waals surface area contributed by atoms with Crippen molar-refractivity contribution < 1.29 is 32.7 Å². The minimum atomic E-state index is -4.23. The Labute approximate surface area is 208 Å². The monoisotopic (exact) mass is 511 g/mol. The summed E-state index contributed by atoms with van der Waals surface area (Å²) in [5.41, 5.74) is 2.50. The van der Waals surface area contributed by atoms with E-state index in [1.54, 1.807) is 54.0 Å². The Balaban J connectivity index is 1.71. The minimum Gasteiger partial charge on any atom is -0.497 e. The Morgan fingerprint density at radius 2 is 1.64 bits per heavy atom. The molecule has 1 atom stereocenters. The van der Waals surface area contributed by atoms with Crippen LogP contribution in [0.3, 0.4) is 0 Å². The number of nitrogens with zero attached hydrogens (tertiary/aromatic N) is 2. The van der Waals surface area contributed by atoms with Crippen molar-refractivity contribution in [1.82, 2.24) is 9.79 Å². The van der Waals surface area contributed by atoms with Gasteiger partial charge in [-0.25, -0.2) is 13.9 Å². The van der Waals surface area contributed by atoms with Crippen LogP contribution in [-0.2, 0) is 26.2 Å². The van der Waals surface area contributed by atoms with Gasteiger partial charge in [-0.1, -0.05) is 36.4 Å². The summed E-state index contributed by atoms with van der Waals surface area (Å²) in [5.74, 6) is -0.496. The van der Waals surface area contributed by atoms with Gasteiger partial charge in [-0.15, -0.1) is 0 Å². The molecule has 0 saturated carbocycles. The number of para-hydroxylation sites is 2. The number of amides is 2. The maximum absolute atomic E-state index is 13.7. The molecule has 10 nitrogen and oxygen atoms in total. The fourth-order valence-electron chi connectivity index (χ4n) is 3.95. The van der Waals surface area contributed by atoms with Gasteiger partial charge in [0.15, 0.2) is 6.61 Å². The second kappa shape index (κ2) is 10.8. The molecule has 1 aliphatic heterocycles. The van der Waals surface area contributed by atoms with Gasteiger partial charge in [-0.3, -0.25) is 14.8 Å². The zero-order valence-electron chi connectivity index (χ0n) is 19.4. The molecule has 3 aromatic carbocycles. The standard InChI is InChI=1S/C25H25N3O7S/c1-34-19-11-13-21(14-12-19)36(32,33)28-15-18-7-5-6-10-22(18)27(16-23(28)25(30)26-31)24(29)17-35-20-8-3-2-4-9-20/h2-14,23,31H,15-17H2,1H3,(H,26,30). The maximum Gasteiger partial charge on any atom is 0.264 e. The summed E-state index contributed by atoms with van der Waals surface area (Å²) in [6.07, 6.45) is 0. The zero-order chi connectivity index (χ0) is 25.7. The van der Waals surface area contributed by atoms with Crippen LogP contribution >= 0.6 is 0 Å². The largest absolute Gasteiger partial charge is 0.497 e. The molecule has 0 saturated heterocycles. The lowest BCUT2D eigenvalue weighted by atomic mass is 10.1. The molecule has 188 valence electrons. The van der Waals surface area contributed by atoms with Crippen LogP contribution in [0, 0.1) is 0 Å². The zero-order valence-corrected chi connectivity index (χ0v) is 20.2. The summed E-state index contributed by atoms with van der Waals surface area (Å²) < 4.78 is 39.0. The molecule has 1 heterocycles. The molecule has 11 heteroatoms. The summed E-state index contributed by atoms with van der Waals surface area (Å²) in [7, 11) is -2.76. The first-order valence-electron chi connectivity index (χ1n) is 11.0. The van der Waals surface area contributed by atoms with Gasteiger partial charge in [0.2, 0.25) is 10.0 Å². The highest BCUT2D eigenvalue weighted by Gasteiger charge is 2.41. The Morgan fingerprint density at radius 1 is 0.972 bits per heavy atom. The normalized spacial score (nSPS) is 15.9. The molecule has 1 unspecified atom stereocenters. The first-order chi connectivity index (χ1) is 17.3. The Kier molecular flexibility index (Phi) is 7.53. The fraction of sp³-hybridized carbons (Fsp3) is 0.200. The van der Waals surface area contributed by atoms with E-state index in [0.29, 0.717) is 22.7 Å². The molecule has 0 spiro atoms. The van der Waals surface area contributed by atoms with Crippen molar-refractivity contribution in [1.29, 1.82) is 0 Å². The van der Waals surface area contributed by atoms with Crippen molar-refractivity contribution in [3.05, 3.63) is 84.4 Å². The first kappa shape index (κ1) is 25.2.